The molecule has 2 unspecified atom stereocenters. The first kappa shape index (κ1) is 8.52. The van der Waals surface area contributed by atoms with Gasteiger partial charge in [-0.25, -0.2) is 0 Å². The number of piperidine rings is 1. The second-order valence-electron chi connectivity index (χ2n) is 4.32. The minimum absolute atomic E-state index is 0.883. The SMILES string of the molecule is CCN1CCCC2CN(C)CC21. The van der Waals surface area contributed by atoms with E-state index in [1.165, 1.54) is 39.0 Å². The molecule has 0 aliphatic carbocycles. The van der Waals surface area contributed by atoms with Crippen molar-refractivity contribution in [2.75, 3.05) is 33.2 Å². The minimum atomic E-state index is 0.883. The summed E-state index contributed by atoms with van der Waals surface area (Å²) in [6.45, 7) is 7.51. The molecule has 0 radical (unpaired) electrons. The van der Waals surface area contributed by atoms with Gasteiger partial charge in [0.25, 0.3) is 0 Å². The number of nitrogens with zero attached hydrogens (tertiary/aromatic N) is 2. The quantitative estimate of drug-likeness (QED) is 0.577. The molecule has 70 valence electrons. The lowest BCUT2D eigenvalue weighted by atomic mass is 9.92. The normalized spacial score (nSPS) is 38.5. The molecule has 0 spiro atoms. The van der Waals surface area contributed by atoms with Crippen molar-refractivity contribution in [1.29, 1.82) is 0 Å². The molecular weight excluding hydrogens is 148 g/mol. The van der Waals surface area contributed by atoms with Gasteiger partial charge in [-0.2, -0.15) is 0 Å². The number of fused-ring (bicyclic) bond motifs is 1. The summed E-state index contributed by atoms with van der Waals surface area (Å²) < 4.78 is 0. The maximum Gasteiger partial charge on any atom is 0.0263 e. The maximum atomic E-state index is 2.66. The van der Waals surface area contributed by atoms with Crippen molar-refractivity contribution in [2.24, 2.45) is 5.92 Å². The summed E-state index contributed by atoms with van der Waals surface area (Å²) in [5.41, 5.74) is 0. The van der Waals surface area contributed by atoms with Crippen LogP contribution in [0.15, 0.2) is 0 Å². The molecule has 0 amide bonds. The molecule has 2 fully saturated rings. The zero-order chi connectivity index (χ0) is 8.55. The van der Waals surface area contributed by atoms with Gasteiger partial charge in [0.2, 0.25) is 0 Å². The summed E-state index contributed by atoms with van der Waals surface area (Å²) in [5.74, 6) is 0.976. The van der Waals surface area contributed by atoms with E-state index in [1.807, 2.05) is 0 Å². The Morgan fingerprint density at radius 1 is 1.33 bits per heavy atom. The fourth-order valence-electron chi connectivity index (χ4n) is 2.88. The first-order valence-corrected chi connectivity index (χ1v) is 5.24. The molecule has 12 heavy (non-hydrogen) atoms. The van der Waals surface area contributed by atoms with E-state index in [4.69, 9.17) is 0 Å². The highest BCUT2D eigenvalue weighted by Gasteiger charge is 2.36. The van der Waals surface area contributed by atoms with Crippen LogP contribution >= 0.6 is 0 Å². The van der Waals surface area contributed by atoms with E-state index >= 15 is 0 Å². The van der Waals surface area contributed by atoms with Crippen molar-refractivity contribution >= 4 is 0 Å². The molecule has 2 rings (SSSR count). The second kappa shape index (κ2) is 3.35. The van der Waals surface area contributed by atoms with E-state index < -0.39 is 0 Å². The van der Waals surface area contributed by atoms with Crippen LogP contribution in [0.1, 0.15) is 19.8 Å². The highest BCUT2D eigenvalue weighted by Crippen LogP contribution is 2.29. The lowest BCUT2D eigenvalue weighted by molar-refractivity contribution is 0.131. The Balaban J connectivity index is 2.02. The molecule has 0 N–H and O–H groups in total. The van der Waals surface area contributed by atoms with Crippen LogP contribution in [-0.4, -0.2) is 49.1 Å². The Kier molecular flexibility index (Phi) is 2.37. The minimum Gasteiger partial charge on any atom is -0.304 e. The summed E-state index contributed by atoms with van der Waals surface area (Å²) in [4.78, 5) is 5.15. The molecule has 0 bridgehead atoms. The average Bonchev–Trinajstić information content (AvgIpc) is 2.44. The Hall–Kier alpha value is -0.0800. The van der Waals surface area contributed by atoms with E-state index in [9.17, 15) is 0 Å². The van der Waals surface area contributed by atoms with Gasteiger partial charge in [0.1, 0.15) is 0 Å². The molecule has 2 aliphatic heterocycles. The highest BCUT2D eigenvalue weighted by atomic mass is 15.3. The fourth-order valence-corrected chi connectivity index (χ4v) is 2.88. The molecule has 2 heterocycles. The van der Waals surface area contributed by atoms with Crippen molar-refractivity contribution in [3.8, 4) is 0 Å². The summed E-state index contributed by atoms with van der Waals surface area (Å²) >= 11 is 0. The van der Waals surface area contributed by atoms with Crippen molar-refractivity contribution in [3.63, 3.8) is 0 Å². The molecule has 0 saturated carbocycles. The lowest BCUT2D eigenvalue weighted by Gasteiger charge is -2.36. The van der Waals surface area contributed by atoms with Gasteiger partial charge in [-0.1, -0.05) is 6.92 Å². The van der Waals surface area contributed by atoms with Gasteiger partial charge in [-0.3, -0.25) is 4.90 Å². The van der Waals surface area contributed by atoms with E-state index in [2.05, 4.69) is 23.8 Å². The van der Waals surface area contributed by atoms with Crippen LogP contribution in [0.4, 0.5) is 0 Å². The summed E-state index contributed by atoms with van der Waals surface area (Å²) in [6.07, 6.45) is 2.88. The van der Waals surface area contributed by atoms with E-state index in [0.717, 1.165) is 12.0 Å². The third-order valence-corrected chi connectivity index (χ3v) is 3.48. The lowest BCUT2D eigenvalue weighted by Crippen LogP contribution is -2.44. The Morgan fingerprint density at radius 3 is 2.92 bits per heavy atom. The average molecular weight is 168 g/mol. The molecule has 2 saturated heterocycles. The zero-order valence-corrected chi connectivity index (χ0v) is 8.29. The fraction of sp³-hybridized carbons (Fsp3) is 1.00. The Bertz CT molecular complexity index is 152. The molecule has 0 aromatic heterocycles. The standard InChI is InChI=1S/C10H20N2/c1-3-12-6-4-5-9-7-11(2)8-10(9)12/h9-10H,3-8H2,1-2H3. The van der Waals surface area contributed by atoms with Crippen LogP contribution in [0.2, 0.25) is 0 Å². The summed E-state index contributed by atoms with van der Waals surface area (Å²) in [5, 5.41) is 0. The number of hydrogen-bond acceptors (Lipinski definition) is 2. The number of rotatable bonds is 1. The van der Waals surface area contributed by atoms with Crippen LogP contribution < -0.4 is 0 Å². The van der Waals surface area contributed by atoms with Crippen LogP contribution in [0.25, 0.3) is 0 Å². The van der Waals surface area contributed by atoms with Crippen molar-refractivity contribution in [2.45, 2.75) is 25.8 Å². The Morgan fingerprint density at radius 2 is 2.17 bits per heavy atom. The predicted molar refractivity (Wildman–Crippen MR) is 51.3 cm³/mol. The van der Waals surface area contributed by atoms with Crippen molar-refractivity contribution < 1.29 is 0 Å². The second-order valence-corrected chi connectivity index (χ2v) is 4.32. The number of hydrogen-bond donors (Lipinski definition) is 0. The Labute approximate surface area is 75.5 Å². The molecule has 2 nitrogen and oxygen atoms in total. The summed E-state index contributed by atoms with van der Waals surface area (Å²) in [6, 6.07) is 0.883. The first-order valence-electron chi connectivity index (χ1n) is 5.24. The monoisotopic (exact) mass is 168 g/mol. The molecular formula is C10H20N2. The van der Waals surface area contributed by atoms with Crippen molar-refractivity contribution in [1.82, 2.24) is 9.80 Å². The molecule has 2 aliphatic rings. The summed E-state index contributed by atoms with van der Waals surface area (Å²) in [7, 11) is 2.26. The van der Waals surface area contributed by atoms with Gasteiger partial charge in [0.15, 0.2) is 0 Å². The molecule has 2 atom stereocenters. The molecule has 0 aromatic carbocycles. The first-order chi connectivity index (χ1) is 5.81. The van der Waals surface area contributed by atoms with Crippen LogP contribution in [0.5, 0.6) is 0 Å². The van der Waals surface area contributed by atoms with Gasteiger partial charge >= 0.3 is 0 Å². The van der Waals surface area contributed by atoms with Gasteiger partial charge < -0.3 is 4.90 Å². The van der Waals surface area contributed by atoms with E-state index in [-0.39, 0.29) is 0 Å². The van der Waals surface area contributed by atoms with Gasteiger partial charge in [-0.05, 0) is 38.9 Å². The number of likely N-dealkylation sites (N-methyl/N-ethyl adjacent to an activating group) is 2. The van der Waals surface area contributed by atoms with Gasteiger partial charge in [-0.15, -0.1) is 0 Å². The third kappa shape index (κ3) is 1.38. The van der Waals surface area contributed by atoms with Crippen molar-refractivity contribution in [3.05, 3.63) is 0 Å². The van der Waals surface area contributed by atoms with Gasteiger partial charge in [0.05, 0.1) is 0 Å². The topological polar surface area (TPSA) is 6.48 Å². The zero-order valence-electron chi connectivity index (χ0n) is 8.29. The molecule has 0 aromatic rings. The van der Waals surface area contributed by atoms with Crippen LogP contribution in [0.3, 0.4) is 0 Å². The van der Waals surface area contributed by atoms with E-state index in [1.54, 1.807) is 0 Å². The highest BCUT2D eigenvalue weighted by molar-refractivity contribution is 4.92. The third-order valence-electron chi connectivity index (χ3n) is 3.48. The molecule has 2 heteroatoms. The van der Waals surface area contributed by atoms with E-state index in [0.29, 0.717) is 0 Å². The smallest absolute Gasteiger partial charge is 0.0263 e. The van der Waals surface area contributed by atoms with Crippen LogP contribution in [0, 0.1) is 5.92 Å². The van der Waals surface area contributed by atoms with Crippen LogP contribution in [-0.2, 0) is 0 Å². The number of likely N-dealkylation sites (tertiary alicyclic amines) is 2. The van der Waals surface area contributed by atoms with Gasteiger partial charge in [0, 0.05) is 19.1 Å². The maximum absolute atomic E-state index is 2.66. The largest absolute Gasteiger partial charge is 0.304 e. The predicted octanol–water partition coefficient (Wildman–Crippen LogP) is 1.03.